The number of fused-ring (bicyclic) bond motifs is 1. The highest BCUT2D eigenvalue weighted by atomic mass is 16.5. The second-order valence-electron chi connectivity index (χ2n) is 2.49. The van der Waals surface area contributed by atoms with E-state index in [1.54, 1.807) is 0 Å². The predicted octanol–water partition coefficient (Wildman–Crippen LogP) is 1.67. The third-order valence-corrected chi connectivity index (χ3v) is 1.88. The summed E-state index contributed by atoms with van der Waals surface area (Å²) in [5.74, 6) is 1.84. The molecule has 0 aromatic carbocycles. The van der Waals surface area contributed by atoms with Gasteiger partial charge >= 0.3 is 0 Å². The minimum atomic E-state index is 0.686. The Hall–Kier alpha value is -0.720. The van der Waals surface area contributed by atoms with Gasteiger partial charge in [-0.25, -0.2) is 0 Å². The Balaban J connectivity index is 2.23. The second kappa shape index (κ2) is 1.90. The first-order valence-electron chi connectivity index (χ1n) is 3.37. The first-order chi connectivity index (χ1) is 4.47. The molecule has 1 atom stereocenters. The molecule has 1 radical (unpaired) electrons. The summed E-state index contributed by atoms with van der Waals surface area (Å²) in [6, 6.07) is 0. The Morgan fingerprint density at radius 1 is 1.67 bits per heavy atom. The minimum Gasteiger partial charge on any atom is -0.498 e. The number of hydrogen-bond donors (Lipinski definition) is 0. The molecule has 1 aliphatic carbocycles. The lowest BCUT2D eigenvalue weighted by atomic mass is 9.98. The first kappa shape index (κ1) is 5.10. The van der Waals surface area contributed by atoms with Gasteiger partial charge in [-0.05, 0) is 25.0 Å². The van der Waals surface area contributed by atoms with E-state index in [9.17, 15) is 0 Å². The molecule has 1 heteroatoms. The van der Waals surface area contributed by atoms with E-state index in [1.807, 2.05) is 6.08 Å². The Morgan fingerprint density at radius 3 is 3.56 bits per heavy atom. The molecule has 47 valence electrons. The molecule has 0 amide bonds. The van der Waals surface area contributed by atoms with E-state index < -0.39 is 0 Å². The summed E-state index contributed by atoms with van der Waals surface area (Å²) in [6.07, 6.45) is 9.42. The van der Waals surface area contributed by atoms with Crippen LogP contribution in [-0.2, 0) is 4.74 Å². The average Bonchev–Trinajstić information content (AvgIpc) is 2.33. The molecule has 0 N–H and O–H groups in total. The fourth-order valence-corrected chi connectivity index (χ4v) is 1.32. The standard InChI is InChI=1S/C8H9O/c1-2-4-8-7(3-1)5-6-9-8/h1,4,7H,3,5-6H2. The molecule has 1 saturated heterocycles. The quantitative estimate of drug-likeness (QED) is 0.473. The van der Waals surface area contributed by atoms with Crippen molar-refractivity contribution < 1.29 is 4.74 Å². The molecule has 2 rings (SSSR count). The Morgan fingerprint density at radius 2 is 2.67 bits per heavy atom. The zero-order valence-corrected chi connectivity index (χ0v) is 5.26. The van der Waals surface area contributed by atoms with Crippen LogP contribution in [0, 0.1) is 12.0 Å². The lowest BCUT2D eigenvalue weighted by Gasteiger charge is -2.08. The van der Waals surface area contributed by atoms with Crippen molar-refractivity contribution in [1.82, 2.24) is 0 Å². The van der Waals surface area contributed by atoms with Gasteiger partial charge in [-0.2, -0.15) is 0 Å². The zero-order chi connectivity index (χ0) is 6.10. The highest BCUT2D eigenvalue weighted by Crippen LogP contribution is 2.29. The molecule has 1 unspecified atom stereocenters. The van der Waals surface area contributed by atoms with Crippen molar-refractivity contribution in [3.63, 3.8) is 0 Å². The van der Waals surface area contributed by atoms with Crippen molar-refractivity contribution in [2.75, 3.05) is 6.61 Å². The summed E-state index contributed by atoms with van der Waals surface area (Å²) in [6.45, 7) is 0.909. The fraction of sp³-hybridized carbons (Fsp3) is 0.500. The Labute approximate surface area is 55.0 Å². The third kappa shape index (κ3) is 0.766. The number of rotatable bonds is 0. The molecule has 9 heavy (non-hydrogen) atoms. The van der Waals surface area contributed by atoms with E-state index in [0.29, 0.717) is 5.92 Å². The molecule has 1 fully saturated rings. The van der Waals surface area contributed by atoms with Gasteiger partial charge in [0.2, 0.25) is 0 Å². The second-order valence-corrected chi connectivity index (χ2v) is 2.49. The summed E-state index contributed by atoms with van der Waals surface area (Å²) in [5.41, 5.74) is 0. The Kier molecular flexibility index (Phi) is 1.08. The van der Waals surface area contributed by atoms with Crippen molar-refractivity contribution in [3.05, 3.63) is 24.0 Å². The average molecular weight is 121 g/mol. The van der Waals surface area contributed by atoms with Gasteiger partial charge in [0.05, 0.1) is 6.61 Å². The highest BCUT2D eigenvalue weighted by molar-refractivity contribution is 5.14. The van der Waals surface area contributed by atoms with Crippen LogP contribution in [0.2, 0.25) is 0 Å². The van der Waals surface area contributed by atoms with Crippen LogP contribution in [0.3, 0.4) is 0 Å². The molecule has 1 nitrogen and oxygen atoms in total. The van der Waals surface area contributed by atoms with Gasteiger partial charge in [0.1, 0.15) is 5.76 Å². The SMILES string of the molecule is [C]1=CCC2CCOC2=C1. The number of ether oxygens (including phenoxy) is 1. The highest BCUT2D eigenvalue weighted by Gasteiger charge is 2.22. The summed E-state index contributed by atoms with van der Waals surface area (Å²) in [4.78, 5) is 0. The van der Waals surface area contributed by atoms with E-state index in [4.69, 9.17) is 4.74 Å². The monoisotopic (exact) mass is 121 g/mol. The maximum absolute atomic E-state index is 5.34. The molecule has 1 heterocycles. The van der Waals surface area contributed by atoms with Crippen LogP contribution < -0.4 is 0 Å². The number of allylic oxidation sites excluding steroid dienone is 4. The maximum Gasteiger partial charge on any atom is 0.100 e. The zero-order valence-electron chi connectivity index (χ0n) is 5.26. The van der Waals surface area contributed by atoms with E-state index >= 15 is 0 Å². The van der Waals surface area contributed by atoms with E-state index in [1.165, 1.54) is 6.42 Å². The summed E-state index contributed by atoms with van der Waals surface area (Å²) in [5, 5.41) is 0. The largest absolute Gasteiger partial charge is 0.498 e. The topological polar surface area (TPSA) is 9.23 Å². The fourth-order valence-electron chi connectivity index (χ4n) is 1.32. The van der Waals surface area contributed by atoms with E-state index in [-0.39, 0.29) is 0 Å². The lowest BCUT2D eigenvalue weighted by Crippen LogP contribution is -1.97. The van der Waals surface area contributed by atoms with Crippen LogP contribution in [0.15, 0.2) is 17.9 Å². The summed E-state index contributed by atoms with van der Waals surface area (Å²) < 4.78 is 5.34. The summed E-state index contributed by atoms with van der Waals surface area (Å²) in [7, 11) is 0. The van der Waals surface area contributed by atoms with Crippen LogP contribution in [0.5, 0.6) is 0 Å². The molecule has 0 saturated carbocycles. The van der Waals surface area contributed by atoms with Gasteiger partial charge < -0.3 is 4.74 Å². The third-order valence-electron chi connectivity index (χ3n) is 1.88. The summed E-state index contributed by atoms with van der Waals surface area (Å²) >= 11 is 0. The Bertz CT molecular complexity index is 167. The molecule has 0 spiro atoms. The normalized spacial score (nSPS) is 31.1. The van der Waals surface area contributed by atoms with Crippen molar-refractivity contribution >= 4 is 0 Å². The van der Waals surface area contributed by atoms with Crippen molar-refractivity contribution in [2.24, 2.45) is 5.92 Å². The van der Waals surface area contributed by atoms with Gasteiger partial charge in [0.15, 0.2) is 0 Å². The van der Waals surface area contributed by atoms with E-state index in [0.717, 1.165) is 18.8 Å². The van der Waals surface area contributed by atoms with Gasteiger partial charge in [0, 0.05) is 5.92 Å². The van der Waals surface area contributed by atoms with Gasteiger partial charge in [-0.15, -0.1) is 0 Å². The first-order valence-corrected chi connectivity index (χ1v) is 3.37. The van der Waals surface area contributed by atoms with E-state index in [2.05, 4.69) is 12.2 Å². The molecule has 1 aliphatic heterocycles. The molecule has 0 bridgehead atoms. The van der Waals surface area contributed by atoms with Crippen LogP contribution >= 0.6 is 0 Å². The maximum atomic E-state index is 5.34. The predicted molar refractivity (Wildman–Crippen MR) is 34.6 cm³/mol. The smallest absolute Gasteiger partial charge is 0.100 e. The number of hydrogen-bond acceptors (Lipinski definition) is 1. The minimum absolute atomic E-state index is 0.686. The van der Waals surface area contributed by atoms with Crippen molar-refractivity contribution in [1.29, 1.82) is 0 Å². The van der Waals surface area contributed by atoms with Crippen LogP contribution in [0.25, 0.3) is 0 Å². The van der Waals surface area contributed by atoms with Crippen molar-refractivity contribution in [3.8, 4) is 0 Å². The van der Waals surface area contributed by atoms with Crippen LogP contribution in [0.1, 0.15) is 12.8 Å². The van der Waals surface area contributed by atoms with Crippen LogP contribution in [0.4, 0.5) is 0 Å². The van der Waals surface area contributed by atoms with Gasteiger partial charge in [0.25, 0.3) is 0 Å². The van der Waals surface area contributed by atoms with Crippen LogP contribution in [-0.4, -0.2) is 6.61 Å². The van der Waals surface area contributed by atoms with Gasteiger partial charge in [-0.3, -0.25) is 0 Å². The van der Waals surface area contributed by atoms with Gasteiger partial charge in [-0.1, -0.05) is 6.08 Å². The van der Waals surface area contributed by atoms with Crippen molar-refractivity contribution in [2.45, 2.75) is 12.8 Å². The lowest BCUT2D eigenvalue weighted by molar-refractivity contribution is 0.258. The molecular formula is C8H9O. The molecule has 2 aliphatic rings. The molecule has 0 aromatic heterocycles. The molecule has 0 aromatic rings. The molecular weight excluding hydrogens is 112 g/mol.